The minimum absolute atomic E-state index is 0.256. The Bertz CT molecular complexity index is 968. The van der Waals surface area contributed by atoms with Gasteiger partial charge in [-0.15, -0.1) is 5.10 Å². The molecular formula is C18H14N6O2. The molecule has 0 spiro atoms. The Balaban J connectivity index is 1.41. The molecule has 0 aliphatic carbocycles. The molecular weight excluding hydrogens is 332 g/mol. The van der Waals surface area contributed by atoms with Crippen molar-refractivity contribution >= 4 is 17.5 Å². The van der Waals surface area contributed by atoms with Gasteiger partial charge in [-0.2, -0.15) is 15.3 Å². The van der Waals surface area contributed by atoms with E-state index < -0.39 is 0 Å². The molecule has 26 heavy (non-hydrogen) atoms. The maximum atomic E-state index is 8.83. The van der Waals surface area contributed by atoms with E-state index in [9.17, 15) is 0 Å². The van der Waals surface area contributed by atoms with E-state index in [4.69, 9.17) is 14.7 Å². The van der Waals surface area contributed by atoms with E-state index in [1.54, 1.807) is 30.5 Å². The summed E-state index contributed by atoms with van der Waals surface area (Å²) in [4.78, 5) is 4.38. The number of fused-ring (bicyclic) bond motifs is 1. The predicted molar refractivity (Wildman–Crippen MR) is 94.2 cm³/mol. The SMILES string of the molecule is N#Cc1ccc(Nc2nncc(NCc3ccc4c(c3)OCO4)n2)cc1. The Morgan fingerprint density at radius 1 is 1.08 bits per heavy atom. The van der Waals surface area contributed by atoms with E-state index in [2.05, 4.69) is 31.9 Å². The van der Waals surface area contributed by atoms with Crippen LogP contribution < -0.4 is 20.1 Å². The normalized spacial score (nSPS) is 11.7. The largest absolute Gasteiger partial charge is 0.454 e. The first-order valence-electron chi connectivity index (χ1n) is 7.89. The third-order valence-corrected chi connectivity index (χ3v) is 3.74. The summed E-state index contributed by atoms with van der Waals surface area (Å²) in [7, 11) is 0. The van der Waals surface area contributed by atoms with E-state index in [-0.39, 0.29) is 6.79 Å². The number of rotatable bonds is 5. The molecule has 4 rings (SSSR count). The van der Waals surface area contributed by atoms with Crippen LogP contribution in [0.4, 0.5) is 17.5 Å². The van der Waals surface area contributed by atoms with Gasteiger partial charge >= 0.3 is 0 Å². The van der Waals surface area contributed by atoms with Crippen LogP contribution in [0.25, 0.3) is 0 Å². The summed E-state index contributed by atoms with van der Waals surface area (Å²) in [5.74, 6) is 2.46. The Hall–Kier alpha value is -3.86. The molecule has 0 atom stereocenters. The van der Waals surface area contributed by atoms with Crippen molar-refractivity contribution in [1.29, 1.82) is 5.26 Å². The van der Waals surface area contributed by atoms with Crippen LogP contribution in [0.15, 0.2) is 48.7 Å². The molecule has 2 aromatic carbocycles. The van der Waals surface area contributed by atoms with Gasteiger partial charge in [-0.05, 0) is 42.0 Å². The summed E-state index contributed by atoms with van der Waals surface area (Å²) >= 11 is 0. The summed E-state index contributed by atoms with van der Waals surface area (Å²) in [6.07, 6.45) is 1.55. The maximum absolute atomic E-state index is 8.83. The first-order chi connectivity index (χ1) is 12.8. The number of hydrogen-bond donors (Lipinski definition) is 2. The zero-order valence-electron chi connectivity index (χ0n) is 13.6. The number of anilines is 3. The molecule has 8 heteroatoms. The van der Waals surface area contributed by atoms with Crippen LogP contribution in [0.2, 0.25) is 0 Å². The molecule has 0 amide bonds. The minimum atomic E-state index is 0.256. The molecule has 1 aliphatic heterocycles. The van der Waals surface area contributed by atoms with Crippen molar-refractivity contribution < 1.29 is 9.47 Å². The summed E-state index contributed by atoms with van der Waals surface area (Å²) in [5.41, 5.74) is 2.40. The van der Waals surface area contributed by atoms with Crippen LogP contribution in [0.5, 0.6) is 11.5 Å². The van der Waals surface area contributed by atoms with Crippen molar-refractivity contribution in [3.63, 3.8) is 0 Å². The molecule has 0 radical (unpaired) electrons. The molecule has 2 N–H and O–H groups in total. The fourth-order valence-electron chi connectivity index (χ4n) is 2.44. The number of nitriles is 1. The topological polar surface area (TPSA) is 105 Å². The number of ether oxygens (including phenoxy) is 2. The van der Waals surface area contributed by atoms with Crippen molar-refractivity contribution in [3.05, 3.63) is 59.8 Å². The van der Waals surface area contributed by atoms with Gasteiger partial charge in [0.2, 0.25) is 12.7 Å². The van der Waals surface area contributed by atoms with Crippen molar-refractivity contribution in [1.82, 2.24) is 15.2 Å². The Morgan fingerprint density at radius 2 is 1.92 bits per heavy atom. The van der Waals surface area contributed by atoms with Gasteiger partial charge in [0.05, 0.1) is 17.8 Å². The second-order valence-corrected chi connectivity index (χ2v) is 5.52. The molecule has 0 fully saturated rings. The Morgan fingerprint density at radius 3 is 2.77 bits per heavy atom. The number of nitrogens with one attached hydrogen (secondary N) is 2. The molecule has 0 saturated heterocycles. The van der Waals surface area contributed by atoms with E-state index in [0.717, 1.165) is 22.7 Å². The van der Waals surface area contributed by atoms with Gasteiger partial charge in [-0.3, -0.25) is 0 Å². The summed E-state index contributed by atoms with van der Waals surface area (Å²) < 4.78 is 10.7. The first-order valence-corrected chi connectivity index (χ1v) is 7.89. The highest BCUT2D eigenvalue weighted by Crippen LogP contribution is 2.32. The average molecular weight is 346 g/mol. The van der Waals surface area contributed by atoms with Gasteiger partial charge in [0.15, 0.2) is 17.3 Å². The number of hydrogen-bond acceptors (Lipinski definition) is 8. The second kappa shape index (κ2) is 6.94. The van der Waals surface area contributed by atoms with E-state index in [1.165, 1.54) is 0 Å². The molecule has 0 unspecified atom stereocenters. The van der Waals surface area contributed by atoms with Gasteiger partial charge in [0.1, 0.15) is 0 Å². The molecule has 8 nitrogen and oxygen atoms in total. The molecule has 1 aromatic heterocycles. The van der Waals surface area contributed by atoms with Gasteiger partial charge in [-0.25, -0.2) is 0 Å². The van der Waals surface area contributed by atoms with Crippen molar-refractivity contribution in [3.8, 4) is 17.6 Å². The van der Waals surface area contributed by atoms with Crippen LogP contribution >= 0.6 is 0 Å². The summed E-state index contributed by atoms with van der Waals surface area (Å²) in [5, 5.41) is 23.0. The number of aromatic nitrogens is 3. The standard InChI is InChI=1S/C18H14N6O2/c19-8-12-1-4-14(5-2-12)22-18-23-17(10-21-24-18)20-9-13-3-6-15-16(7-13)26-11-25-15/h1-7,10H,9,11H2,(H2,20,22,23,24). The highest BCUT2D eigenvalue weighted by Gasteiger charge is 2.13. The van der Waals surface area contributed by atoms with Crippen molar-refractivity contribution in [2.45, 2.75) is 6.54 Å². The van der Waals surface area contributed by atoms with Crippen molar-refractivity contribution in [2.75, 3.05) is 17.4 Å². The first kappa shape index (κ1) is 15.7. The number of benzene rings is 2. The fourth-order valence-corrected chi connectivity index (χ4v) is 2.44. The van der Waals surface area contributed by atoms with Gasteiger partial charge in [0, 0.05) is 12.2 Å². The zero-order valence-corrected chi connectivity index (χ0v) is 13.6. The Labute approximate surface area is 149 Å². The van der Waals surface area contributed by atoms with E-state index in [0.29, 0.717) is 23.9 Å². The highest BCUT2D eigenvalue weighted by atomic mass is 16.7. The van der Waals surface area contributed by atoms with Crippen LogP contribution in [0, 0.1) is 11.3 Å². The van der Waals surface area contributed by atoms with Crippen LogP contribution in [0.1, 0.15) is 11.1 Å². The zero-order chi connectivity index (χ0) is 17.8. The van der Waals surface area contributed by atoms with E-state index >= 15 is 0 Å². The van der Waals surface area contributed by atoms with E-state index in [1.807, 2.05) is 18.2 Å². The third kappa shape index (κ3) is 3.47. The molecule has 3 aromatic rings. The molecule has 2 heterocycles. The quantitative estimate of drug-likeness (QED) is 0.726. The lowest BCUT2D eigenvalue weighted by Crippen LogP contribution is -2.05. The fraction of sp³-hybridized carbons (Fsp3) is 0.111. The monoisotopic (exact) mass is 346 g/mol. The maximum Gasteiger partial charge on any atom is 0.249 e. The molecule has 0 saturated carbocycles. The van der Waals surface area contributed by atoms with Gasteiger partial charge in [-0.1, -0.05) is 6.07 Å². The molecule has 1 aliphatic rings. The minimum Gasteiger partial charge on any atom is -0.454 e. The van der Waals surface area contributed by atoms with Gasteiger partial charge < -0.3 is 20.1 Å². The van der Waals surface area contributed by atoms with Crippen molar-refractivity contribution in [2.24, 2.45) is 0 Å². The Kier molecular flexibility index (Phi) is 4.18. The third-order valence-electron chi connectivity index (χ3n) is 3.74. The lowest BCUT2D eigenvalue weighted by Gasteiger charge is -2.08. The lowest BCUT2D eigenvalue weighted by molar-refractivity contribution is 0.174. The summed E-state index contributed by atoms with van der Waals surface area (Å²) in [6, 6.07) is 14.9. The predicted octanol–water partition coefficient (Wildman–Crippen LogP) is 2.83. The average Bonchev–Trinajstić information content (AvgIpc) is 3.15. The smallest absolute Gasteiger partial charge is 0.249 e. The van der Waals surface area contributed by atoms with Crippen LogP contribution in [-0.4, -0.2) is 22.0 Å². The van der Waals surface area contributed by atoms with Gasteiger partial charge in [0.25, 0.3) is 0 Å². The summed E-state index contributed by atoms with van der Waals surface area (Å²) in [6.45, 7) is 0.818. The molecule has 0 bridgehead atoms. The van der Waals surface area contributed by atoms with Crippen LogP contribution in [0.3, 0.4) is 0 Å². The second-order valence-electron chi connectivity index (χ2n) is 5.52. The highest BCUT2D eigenvalue weighted by molar-refractivity contribution is 5.55. The lowest BCUT2D eigenvalue weighted by atomic mass is 10.2. The number of nitrogens with zero attached hydrogens (tertiary/aromatic N) is 4. The molecule has 128 valence electrons. The van der Waals surface area contributed by atoms with Crippen LogP contribution in [-0.2, 0) is 6.54 Å².